The molecule has 0 bridgehead atoms. The van der Waals surface area contributed by atoms with E-state index in [1.165, 1.54) is 0 Å². The first kappa shape index (κ1) is 14.8. The van der Waals surface area contributed by atoms with E-state index in [0.29, 0.717) is 18.0 Å². The zero-order valence-corrected chi connectivity index (χ0v) is 12.6. The van der Waals surface area contributed by atoms with Gasteiger partial charge in [-0.05, 0) is 32.4 Å². The quantitative estimate of drug-likeness (QED) is 0.881. The standard InChI is InChI=1S/C15H23N3O2/c1-5-20-12-8-11(15(12,3)4)18-14(19)10-6-9(2)17-13(16)7-10/h6-7,11-12H,5,8H2,1-4H3,(H2,16,17)(H,18,19). The van der Waals surface area contributed by atoms with Gasteiger partial charge in [0, 0.05) is 29.3 Å². The second kappa shape index (κ2) is 5.40. The molecule has 1 amide bonds. The third-order valence-electron chi connectivity index (χ3n) is 4.09. The van der Waals surface area contributed by atoms with E-state index in [2.05, 4.69) is 24.1 Å². The fraction of sp³-hybridized carbons (Fsp3) is 0.600. The molecule has 1 aliphatic carbocycles. The van der Waals surface area contributed by atoms with Gasteiger partial charge in [0.15, 0.2) is 0 Å². The summed E-state index contributed by atoms with van der Waals surface area (Å²) in [5.41, 5.74) is 6.94. The summed E-state index contributed by atoms with van der Waals surface area (Å²) in [6.07, 6.45) is 1.06. The van der Waals surface area contributed by atoms with Crippen molar-refractivity contribution < 1.29 is 9.53 Å². The lowest BCUT2D eigenvalue weighted by atomic mass is 9.64. The van der Waals surface area contributed by atoms with Gasteiger partial charge in [0.05, 0.1) is 6.10 Å². The van der Waals surface area contributed by atoms with Crippen molar-refractivity contribution in [3.63, 3.8) is 0 Å². The van der Waals surface area contributed by atoms with Gasteiger partial charge in [-0.3, -0.25) is 4.79 Å². The third kappa shape index (κ3) is 2.77. The first-order chi connectivity index (χ1) is 9.34. The lowest BCUT2D eigenvalue weighted by Gasteiger charge is -2.51. The first-order valence-electron chi connectivity index (χ1n) is 7.01. The Kier molecular flexibility index (Phi) is 3.99. The Morgan fingerprint density at radius 1 is 1.55 bits per heavy atom. The van der Waals surface area contributed by atoms with Crippen molar-refractivity contribution in [2.75, 3.05) is 12.3 Å². The molecule has 5 heteroatoms. The molecule has 2 rings (SSSR count). The van der Waals surface area contributed by atoms with E-state index < -0.39 is 0 Å². The Bertz CT molecular complexity index is 494. The van der Waals surface area contributed by atoms with E-state index in [-0.39, 0.29) is 23.5 Å². The van der Waals surface area contributed by atoms with E-state index in [9.17, 15) is 4.79 Å². The number of hydrogen-bond donors (Lipinski definition) is 2. The van der Waals surface area contributed by atoms with Crippen LogP contribution in [0.3, 0.4) is 0 Å². The number of ether oxygens (including phenoxy) is 1. The number of hydrogen-bond acceptors (Lipinski definition) is 4. The van der Waals surface area contributed by atoms with Gasteiger partial charge >= 0.3 is 0 Å². The smallest absolute Gasteiger partial charge is 0.251 e. The predicted octanol–water partition coefficient (Wildman–Crippen LogP) is 1.91. The van der Waals surface area contributed by atoms with Crippen molar-refractivity contribution in [1.29, 1.82) is 0 Å². The van der Waals surface area contributed by atoms with Crippen molar-refractivity contribution in [1.82, 2.24) is 10.3 Å². The molecule has 2 atom stereocenters. The highest BCUT2D eigenvalue weighted by molar-refractivity contribution is 5.95. The summed E-state index contributed by atoms with van der Waals surface area (Å²) in [6, 6.07) is 3.48. The molecule has 110 valence electrons. The van der Waals surface area contributed by atoms with Crippen molar-refractivity contribution in [2.24, 2.45) is 5.41 Å². The van der Waals surface area contributed by atoms with Crippen LogP contribution in [0.15, 0.2) is 12.1 Å². The van der Waals surface area contributed by atoms with Crippen molar-refractivity contribution in [2.45, 2.75) is 46.3 Å². The third-order valence-corrected chi connectivity index (χ3v) is 4.09. The van der Waals surface area contributed by atoms with Crippen LogP contribution in [0.1, 0.15) is 43.2 Å². The highest BCUT2D eigenvalue weighted by Gasteiger charge is 2.49. The highest BCUT2D eigenvalue weighted by Crippen LogP contribution is 2.42. The number of aromatic nitrogens is 1. The summed E-state index contributed by atoms with van der Waals surface area (Å²) >= 11 is 0. The van der Waals surface area contributed by atoms with Crippen LogP contribution < -0.4 is 11.1 Å². The molecule has 0 radical (unpaired) electrons. The number of aryl methyl sites for hydroxylation is 1. The van der Waals surface area contributed by atoms with Crippen LogP contribution >= 0.6 is 0 Å². The molecule has 20 heavy (non-hydrogen) atoms. The number of nitrogens with zero attached hydrogens (tertiary/aromatic N) is 1. The SMILES string of the molecule is CCOC1CC(NC(=O)c2cc(C)nc(N)c2)C1(C)C. The van der Waals surface area contributed by atoms with Gasteiger partial charge in [-0.1, -0.05) is 13.8 Å². The van der Waals surface area contributed by atoms with Crippen LogP contribution in [0.25, 0.3) is 0 Å². The fourth-order valence-corrected chi connectivity index (χ4v) is 2.68. The summed E-state index contributed by atoms with van der Waals surface area (Å²) < 4.78 is 5.67. The number of nitrogens with one attached hydrogen (secondary N) is 1. The van der Waals surface area contributed by atoms with Crippen LogP contribution in [0.2, 0.25) is 0 Å². The van der Waals surface area contributed by atoms with E-state index in [1.54, 1.807) is 12.1 Å². The Morgan fingerprint density at radius 2 is 2.25 bits per heavy atom. The molecule has 1 fully saturated rings. The molecule has 3 N–H and O–H groups in total. The molecule has 1 saturated carbocycles. The fourth-order valence-electron chi connectivity index (χ4n) is 2.68. The lowest BCUT2D eigenvalue weighted by molar-refractivity contribution is -0.111. The average molecular weight is 277 g/mol. The van der Waals surface area contributed by atoms with Crippen LogP contribution in [0.5, 0.6) is 0 Å². The van der Waals surface area contributed by atoms with Crippen LogP contribution in [-0.2, 0) is 4.74 Å². The maximum atomic E-state index is 12.3. The summed E-state index contributed by atoms with van der Waals surface area (Å²) in [4.78, 5) is 16.3. The van der Waals surface area contributed by atoms with Crippen molar-refractivity contribution >= 4 is 11.7 Å². The van der Waals surface area contributed by atoms with Gasteiger partial charge in [-0.2, -0.15) is 0 Å². The summed E-state index contributed by atoms with van der Waals surface area (Å²) in [5, 5.41) is 3.06. The Labute approximate surface area is 119 Å². The normalized spacial score (nSPS) is 24.0. The molecule has 1 aromatic heterocycles. The Hall–Kier alpha value is -1.62. The van der Waals surface area contributed by atoms with Crippen molar-refractivity contribution in [3.05, 3.63) is 23.4 Å². The van der Waals surface area contributed by atoms with Crippen LogP contribution in [0, 0.1) is 12.3 Å². The largest absolute Gasteiger partial charge is 0.384 e. The lowest BCUT2D eigenvalue weighted by Crippen LogP contribution is -2.62. The van der Waals surface area contributed by atoms with Gasteiger partial charge in [-0.15, -0.1) is 0 Å². The summed E-state index contributed by atoms with van der Waals surface area (Å²) in [6.45, 7) is 8.76. The number of amides is 1. The number of carbonyl (C=O) groups is 1. The average Bonchev–Trinajstić information content (AvgIpc) is 2.36. The maximum Gasteiger partial charge on any atom is 0.251 e. The van der Waals surface area contributed by atoms with Gasteiger partial charge in [0.1, 0.15) is 5.82 Å². The van der Waals surface area contributed by atoms with E-state index in [1.807, 2.05) is 13.8 Å². The van der Waals surface area contributed by atoms with Crippen LogP contribution in [0.4, 0.5) is 5.82 Å². The number of carbonyl (C=O) groups excluding carboxylic acids is 1. The number of nitrogens with two attached hydrogens (primary N) is 1. The number of nitrogen functional groups attached to an aromatic ring is 1. The summed E-state index contributed by atoms with van der Waals surface area (Å²) in [5.74, 6) is 0.269. The molecule has 1 aromatic rings. The second-order valence-corrected chi connectivity index (χ2v) is 5.95. The highest BCUT2D eigenvalue weighted by atomic mass is 16.5. The first-order valence-corrected chi connectivity index (χ1v) is 7.01. The zero-order valence-electron chi connectivity index (χ0n) is 12.6. The van der Waals surface area contributed by atoms with E-state index in [0.717, 1.165) is 12.1 Å². The maximum absolute atomic E-state index is 12.3. The Morgan fingerprint density at radius 3 is 2.80 bits per heavy atom. The minimum absolute atomic E-state index is 0.0424. The number of pyridine rings is 1. The summed E-state index contributed by atoms with van der Waals surface area (Å²) in [7, 11) is 0. The molecular formula is C15H23N3O2. The van der Waals surface area contributed by atoms with Gasteiger partial charge < -0.3 is 15.8 Å². The zero-order chi connectivity index (χ0) is 14.9. The van der Waals surface area contributed by atoms with Crippen LogP contribution in [-0.4, -0.2) is 29.6 Å². The van der Waals surface area contributed by atoms with Gasteiger partial charge in [0.2, 0.25) is 0 Å². The second-order valence-electron chi connectivity index (χ2n) is 5.95. The van der Waals surface area contributed by atoms with E-state index >= 15 is 0 Å². The van der Waals surface area contributed by atoms with Crippen molar-refractivity contribution in [3.8, 4) is 0 Å². The molecule has 1 heterocycles. The molecular weight excluding hydrogens is 254 g/mol. The number of anilines is 1. The minimum atomic E-state index is -0.102. The van der Waals surface area contributed by atoms with Gasteiger partial charge in [-0.25, -0.2) is 4.98 Å². The molecule has 0 aliphatic heterocycles. The molecule has 1 aliphatic rings. The molecule has 0 spiro atoms. The molecule has 0 saturated heterocycles. The van der Waals surface area contributed by atoms with Gasteiger partial charge in [0.25, 0.3) is 5.91 Å². The number of rotatable bonds is 4. The monoisotopic (exact) mass is 277 g/mol. The predicted molar refractivity (Wildman–Crippen MR) is 78.5 cm³/mol. The van der Waals surface area contributed by atoms with E-state index in [4.69, 9.17) is 10.5 Å². The molecule has 2 unspecified atom stereocenters. The minimum Gasteiger partial charge on any atom is -0.384 e. The molecule has 0 aromatic carbocycles. The Balaban J connectivity index is 2.02. The molecule has 5 nitrogen and oxygen atoms in total. The topological polar surface area (TPSA) is 77.2 Å².